The first-order valence-electron chi connectivity index (χ1n) is 21.8. The van der Waals surface area contributed by atoms with Gasteiger partial charge in [0.05, 0.1) is 35.9 Å². The maximum atomic E-state index is 14.4. The molecule has 3 saturated heterocycles. The molecule has 0 amide bonds. The van der Waals surface area contributed by atoms with Crippen molar-refractivity contribution in [2.75, 3.05) is 47.9 Å². The highest BCUT2D eigenvalue weighted by Crippen LogP contribution is 2.43. The first-order chi connectivity index (χ1) is 26.8. The molecule has 0 aromatic carbocycles. The fraction of sp³-hybridized carbons (Fsp3) is 0.977. The van der Waals surface area contributed by atoms with Crippen LogP contribution < -0.4 is 5.32 Å². The largest absolute Gasteiger partial charge is 0.459 e. The van der Waals surface area contributed by atoms with Gasteiger partial charge in [-0.15, -0.1) is 0 Å². The predicted molar refractivity (Wildman–Crippen MR) is 221 cm³/mol. The number of nitrogens with one attached hydrogen (secondary N) is 1. The quantitative estimate of drug-likeness (QED) is 0.157. The third kappa shape index (κ3) is 11.7. The van der Waals surface area contributed by atoms with Crippen molar-refractivity contribution in [3.63, 3.8) is 0 Å². The molecule has 3 heterocycles. The first kappa shape index (κ1) is 51.3. The van der Waals surface area contributed by atoms with E-state index in [9.17, 15) is 30.3 Å². The highest BCUT2D eigenvalue weighted by Gasteiger charge is 2.59. The molecule has 0 aromatic heterocycles. The molecule has 3 fully saturated rings. The van der Waals surface area contributed by atoms with E-state index in [2.05, 4.69) is 17.1 Å². The summed E-state index contributed by atoms with van der Waals surface area (Å²) in [5.41, 5.74) is -5.95. The van der Waals surface area contributed by atoms with Crippen molar-refractivity contribution >= 4 is 5.97 Å². The lowest BCUT2D eigenvalue weighted by Gasteiger charge is -2.54. The van der Waals surface area contributed by atoms with Gasteiger partial charge in [0.25, 0.3) is 0 Å². The average molecular weight is 834 g/mol. The molecule has 0 radical (unpaired) electrons. The molecular formula is C43H83N3O12. The van der Waals surface area contributed by atoms with Crippen molar-refractivity contribution in [3.8, 4) is 0 Å². The number of aliphatic hydroxyl groups excluding tert-OH is 2. The van der Waals surface area contributed by atoms with Gasteiger partial charge in [-0.25, -0.2) is 0 Å². The molecule has 3 aliphatic heterocycles. The summed E-state index contributed by atoms with van der Waals surface area (Å²) in [5.74, 6) is -2.66. The van der Waals surface area contributed by atoms with Crippen molar-refractivity contribution < 1.29 is 58.7 Å². The zero-order chi connectivity index (χ0) is 44.1. The van der Waals surface area contributed by atoms with E-state index in [1.807, 2.05) is 53.7 Å². The molecule has 15 nitrogen and oxygen atoms in total. The van der Waals surface area contributed by atoms with Crippen molar-refractivity contribution in [1.29, 1.82) is 0 Å². The van der Waals surface area contributed by atoms with Gasteiger partial charge in [0.1, 0.15) is 35.1 Å². The fourth-order valence-corrected chi connectivity index (χ4v) is 9.64. The number of rotatable bonds is 12. The topological polar surface area (TPSA) is 192 Å². The number of nitrogens with zero attached hydrogens (tertiary/aromatic N) is 2. The fourth-order valence-electron chi connectivity index (χ4n) is 9.64. The number of unbranched alkanes of at least 4 members (excludes halogenated alkanes) is 1. The van der Waals surface area contributed by atoms with Gasteiger partial charge < -0.3 is 69.1 Å². The molecule has 0 spiro atoms. The maximum absolute atomic E-state index is 14.4. The van der Waals surface area contributed by atoms with Crippen molar-refractivity contribution in [1.82, 2.24) is 15.1 Å². The lowest BCUT2D eigenvalue weighted by molar-refractivity contribution is -0.339. The van der Waals surface area contributed by atoms with Gasteiger partial charge in [0, 0.05) is 38.1 Å². The van der Waals surface area contributed by atoms with Crippen LogP contribution in [0.25, 0.3) is 0 Å². The normalized spacial score (nSPS) is 46.8. The highest BCUT2D eigenvalue weighted by atomic mass is 16.7. The van der Waals surface area contributed by atoms with E-state index in [0.29, 0.717) is 19.5 Å². The Morgan fingerprint density at radius 3 is 2.14 bits per heavy atom. The Morgan fingerprint density at radius 1 is 0.931 bits per heavy atom. The van der Waals surface area contributed by atoms with Gasteiger partial charge in [-0.05, 0) is 114 Å². The maximum Gasteiger partial charge on any atom is 0.311 e. The van der Waals surface area contributed by atoms with E-state index >= 15 is 0 Å². The second-order valence-electron chi connectivity index (χ2n) is 19.1. The predicted octanol–water partition coefficient (Wildman–Crippen LogP) is 2.66. The summed E-state index contributed by atoms with van der Waals surface area (Å²) in [6.45, 7) is 21.2. The van der Waals surface area contributed by atoms with Crippen LogP contribution >= 0.6 is 0 Å². The number of hydrogen-bond acceptors (Lipinski definition) is 15. The first-order valence-corrected chi connectivity index (χ1v) is 21.8. The molecule has 0 bridgehead atoms. The number of aliphatic hydroxyl groups is 5. The highest BCUT2D eigenvalue weighted by molar-refractivity contribution is 5.73. The van der Waals surface area contributed by atoms with E-state index < -0.39 is 95.5 Å². The molecular weight excluding hydrogens is 750 g/mol. The van der Waals surface area contributed by atoms with Crippen LogP contribution in [0, 0.1) is 17.8 Å². The smallest absolute Gasteiger partial charge is 0.311 e. The van der Waals surface area contributed by atoms with Crippen LogP contribution in [-0.2, 0) is 33.2 Å². The minimum Gasteiger partial charge on any atom is -0.459 e. The van der Waals surface area contributed by atoms with Gasteiger partial charge in [0.15, 0.2) is 12.6 Å². The lowest BCUT2D eigenvalue weighted by Crippen LogP contribution is -2.70. The Morgan fingerprint density at radius 2 is 1.57 bits per heavy atom. The summed E-state index contributed by atoms with van der Waals surface area (Å²) in [4.78, 5) is 18.4. The van der Waals surface area contributed by atoms with Crippen molar-refractivity contribution in [2.45, 2.75) is 204 Å². The zero-order valence-corrected chi connectivity index (χ0v) is 38.4. The Balaban J connectivity index is 2.16. The summed E-state index contributed by atoms with van der Waals surface area (Å²) in [6.07, 6.45) is -5.59. The van der Waals surface area contributed by atoms with E-state index in [1.54, 1.807) is 41.7 Å². The SMILES string of the molecule is CCCCN(C)C[C@@]1(O)[C@H](C)O[C@@H](O[C@H]2[C@H](C)[C@@H](O[C@@H]3O[C@H](C)C[C@H](N(C)C)[C@H]3O)[C@@](C)(O)C[C@@H](C)CN[C@@H](C)[C@@H](O)[C@](C)(O)[C@H](CC)OC(=O)[C@@H]2C)C[C@@]1(C)OC. The van der Waals surface area contributed by atoms with Gasteiger partial charge in [-0.3, -0.25) is 4.79 Å². The van der Waals surface area contributed by atoms with Crippen molar-refractivity contribution in [3.05, 3.63) is 0 Å². The molecule has 3 aliphatic rings. The molecule has 0 aromatic rings. The molecule has 0 saturated carbocycles. The minimum absolute atomic E-state index is 0.102. The van der Waals surface area contributed by atoms with Gasteiger partial charge in [0.2, 0.25) is 0 Å². The minimum atomic E-state index is -1.82. The van der Waals surface area contributed by atoms with Crippen LogP contribution in [0.4, 0.5) is 0 Å². The lowest BCUT2D eigenvalue weighted by atomic mass is 9.75. The second kappa shape index (κ2) is 20.9. The van der Waals surface area contributed by atoms with E-state index in [1.165, 1.54) is 6.92 Å². The van der Waals surface area contributed by atoms with E-state index in [0.717, 1.165) is 19.4 Å². The molecule has 6 N–H and O–H groups in total. The van der Waals surface area contributed by atoms with Gasteiger partial charge >= 0.3 is 5.97 Å². The van der Waals surface area contributed by atoms with Gasteiger partial charge in [-0.2, -0.15) is 0 Å². The third-order valence-corrected chi connectivity index (χ3v) is 13.6. The number of cyclic esters (lactones) is 1. The van der Waals surface area contributed by atoms with Crippen molar-refractivity contribution in [2.24, 2.45) is 17.8 Å². The van der Waals surface area contributed by atoms with E-state index in [4.69, 9.17) is 28.4 Å². The van der Waals surface area contributed by atoms with Crippen LogP contribution in [0.2, 0.25) is 0 Å². The molecule has 342 valence electrons. The number of likely N-dealkylation sites (N-methyl/N-ethyl adjacent to an activating group) is 2. The number of methoxy groups -OCH3 is 1. The Kier molecular flexibility index (Phi) is 18.5. The Labute approximate surface area is 349 Å². The summed E-state index contributed by atoms with van der Waals surface area (Å²) >= 11 is 0. The molecule has 3 rings (SSSR count). The van der Waals surface area contributed by atoms with E-state index in [-0.39, 0.29) is 37.3 Å². The third-order valence-electron chi connectivity index (χ3n) is 13.6. The number of hydrogen-bond donors (Lipinski definition) is 6. The number of ether oxygens (including phenoxy) is 6. The molecule has 18 atom stereocenters. The number of carbonyl (C=O) groups is 1. The molecule has 0 unspecified atom stereocenters. The zero-order valence-electron chi connectivity index (χ0n) is 38.4. The average Bonchev–Trinajstić information content (AvgIpc) is 3.14. The number of esters is 1. The summed E-state index contributed by atoms with van der Waals surface area (Å²) < 4.78 is 38.6. The monoisotopic (exact) mass is 834 g/mol. The Hall–Kier alpha value is -1.05. The van der Waals surface area contributed by atoms with Crippen LogP contribution in [0.1, 0.15) is 115 Å². The van der Waals surface area contributed by atoms with Crippen LogP contribution in [0.3, 0.4) is 0 Å². The second-order valence-corrected chi connectivity index (χ2v) is 19.1. The Bertz CT molecular complexity index is 1280. The summed E-state index contributed by atoms with van der Waals surface area (Å²) in [7, 11) is 7.29. The standard InChI is InChI=1S/C43H83N3O12/c1-16-18-19-46(14)24-43(52)30(8)55-33(22-41(43,10)53-15)57-35-27(5)37(58-39-34(47)31(45(12)13)20-26(4)54-39)40(9,50)21-25(3)23-44-29(7)36(48)42(11,51)32(17-2)56-38(49)28(35)6/h25-37,39,44,47-48,50-52H,16-24H2,1-15H3/t25-,26-,27+,28-,29+,30+,31+,32+,33+,34-,35+,36-,37-,39+,40+,41-,42-,43-/m1/s1. The van der Waals surface area contributed by atoms with Crippen LogP contribution in [-0.4, -0.2) is 179 Å². The van der Waals surface area contributed by atoms with Crippen LogP contribution in [0.5, 0.6) is 0 Å². The molecule has 0 aliphatic carbocycles. The molecule has 58 heavy (non-hydrogen) atoms. The molecule has 15 heteroatoms. The summed E-state index contributed by atoms with van der Waals surface area (Å²) in [5, 5.41) is 62.9. The number of carbonyl (C=O) groups excluding carboxylic acids is 1. The van der Waals surface area contributed by atoms with Gasteiger partial charge in [-0.1, -0.05) is 34.1 Å². The summed E-state index contributed by atoms with van der Waals surface area (Å²) in [6, 6.07) is -0.878. The van der Waals surface area contributed by atoms with Crippen LogP contribution in [0.15, 0.2) is 0 Å².